The second-order valence-electron chi connectivity index (χ2n) is 4.52. The lowest BCUT2D eigenvalue weighted by molar-refractivity contribution is -0.122. The van der Waals surface area contributed by atoms with Crippen molar-refractivity contribution in [3.8, 4) is 5.75 Å². The van der Waals surface area contributed by atoms with Gasteiger partial charge in [-0.2, -0.15) is 0 Å². The third-order valence-electron chi connectivity index (χ3n) is 2.88. The number of hydrogen-bond acceptors (Lipinski definition) is 2. The van der Waals surface area contributed by atoms with Gasteiger partial charge >= 0.3 is 0 Å². The average molecular weight is 364 g/mol. The summed E-state index contributed by atoms with van der Waals surface area (Å²) in [6, 6.07) is 6.22. The molecule has 8 heteroatoms. The second-order valence-corrected chi connectivity index (χ2v) is 5.31. The van der Waals surface area contributed by atoms with Crippen LogP contribution in [0.1, 0.15) is 6.92 Å². The summed E-state index contributed by atoms with van der Waals surface area (Å²) in [6.07, 6.45) is -1.08. The second kappa shape index (κ2) is 7.10. The molecule has 3 nitrogen and oxygen atoms in total. The van der Waals surface area contributed by atoms with Crippen molar-refractivity contribution in [1.82, 2.24) is 0 Å². The molecule has 0 aromatic heterocycles. The largest absolute Gasteiger partial charge is 0.479 e. The fourth-order valence-corrected chi connectivity index (χ4v) is 2.01. The molecule has 2 aromatic carbocycles. The van der Waals surface area contributed by atoms with Crippen LogP contribution in [0.4, 0.5) is 18.9 Å². The highest BCUT2D eigenvalue weighted by molar-refractivity contribution is 6.42. The standard InChI is InChI=1S/C15H10Cl2F3NO2/c1-7(23-11-4-2-3-8(16)12(11)17)15(22)21-10-6-5-9(18)13(19)14(10)20/h2-7H,1H3,(H,21,22). The van der Waals surface area contributed by atoms with Gasteiger partial charge in [0.25, 0.3) is 5.91 Å². The van der Waals surface area contributed by atoms with Crippen LogP contribution in [-0.2, 0) is 4.79 Å². The minimum Gasteiger partial charge on any atom is -0.479 e. The molecule has 1 atom stereocenters. The number of carbonyl (C=O) groups excluding carboxylic acids is 1. The van der Waals surface area contributed by atoms with E-state index in [1.165, 1.54) is 19.1 Å². The smallest absolute Gasteiger partial charge is 0.265 e. The van der Waals surface area contributed by atoms with Crippen molar-refractivity contribution in [2.75, 3.05) is 5.32 Å². The Morgan fingerprint density at radius 3 is 2.52 bits per heavy atom. The van der Waals surface area contributed by atoms with E-state index in [0.717, 1.165) is 6.07 Å². The number of amides is 1. The molecule has 23 heavy (non-hydrogen) atoms. The van der Waals surface area contributed by atoms with Crippen LogP contribution in [0.25, 0.3) is 0 Å². The fourth-order valence-electron chi connectivity index (χ4n) is 1.68. The van der Waals surface area contributed by atoms with Gasteiger partial charge < -0.3 is 10.1 Å². The Kier molecular flexibility index (Phi) is 5.38. The first-order chi connectivity index (χ1) is 10.8. The molecular formula is C15H10Cl2F3NO2. The highest BCUT2D eigenvalue weighted by Crippen LogP contribution is 2.32. The summed E-state index contributed by atoms with van der Waals surface area (Å²) in [7, 11) is 0. The van der Waals surface area contributed by atoms with E-state index in [4.69, 9.17) is 27.9 Å². The number of anilines is 1. The van der Waals surface area contributed by atoms with Gasteiger partial charge in [-0.1, -0.05) is 29.3 Å². The number of nitrogens with one attached hydrogen (secondary N) is 1. The predicted octanol–water partition coefficient (Wildman–Crippen LogP) is 4.82. The maximum atomic E-state index is 13.5. The number of ether oxygens (including phenoxy) is 1. The highest BCUT2D eigenvalue weighted by Gasteiger charge is 2.20. The van der Waals surface area contributed by atoms with Crippen molar-refractivity contribution in [3.05, 3.63) is 57.8 Å². The molecule has 2 aromatic rings. The molecule has 0 bridgehead atoms. The van der Waals surface area contributed by atoms with E-state index >= 15 is 0 Å². The van der Waals surface area contributed by atoms with Crippen molar-refractivity contribution >= 4 is 34.8 Å². The van der Waals surface area contributed by atoms with E-state index in [9.17, 15) is 18.0 Å². The van der Waals surface area contributed by atoms with Crippen molar-refractivity contribution in [2.45, 2.75) is 13.0 Å². The van der Waals surface area contributed by atoms with E-state index in [0.29, 0.717) is 6.07 Å². The van der Waals surface area contributed by atoms with Crippen LogP contribution in [0.15, 0.2) is 30.3 Å². The number of hydrogen-bond donors (Lipinski definition) is 1. The number of carbonyl (C=O) groups is 1. The van der Waals surface area contributed by atoms with Gasteiger partial charge in [0.05, 0.1) is 10.7 Å². The number of benzene rings is 2. The zero-order valence-electron chi connectivity index (χ0n) is 11.7. The number of rotatable bonds is 4. The topological polar surface area (TPSA) is 38.3 Å². The van der Waals surface area contributed by atoms with Crippen LogP contribution in [0.3, 0.4) is 0 Å². The molecular weight excluding hydrogens is 354 g/mol. The van der Waals surface area contributed by atoms with E-state index in [-0.39, 0.29) is 15.8 Å². The Hall–Kier alpha value is -1.92. The minimum atomic E-state index is -1.67. The first kappa shape index (κ1) is 17.4. The molecule has 2 rings (SSSR count). The predicted molar refractivity (Wildman–Crippen MR) is 81.5 cm³/mol. The minimum absolute atomic E-state index is 0.118. The molecule has 0 saturated heterocycles. The maximum absolute atomic E-state index is 13.5. The normalized spacial score (nSPS) is 11.9. The Balaban J connectivity index is 2.12. The van der Waals surface area contributed by atoms with Crippen LogP contribution in [0.5, 0.6) is 5.75 Å². The lowest BCUT2D eigenvalue weighted by atomic mass is 10.2. The van der Waals surface area contributed by atoms with Gasteiger partial charge in [0.1, 0.15) is 10.8 Å². The molecule has 122 valence electrons. The Morgan fingerprint density at radius 1 is 1.13 bits per heavy atom. The molecule has 1 amide bonds. The molecule has 0 spiro atoms. The van der Waals surface area contributed by atoms with Gasteiger partial charge in [0.15, 0.2) is 23.6 Å². The molecule has 0 heterocycles. The molecule has 0 saturated carbocycles. The van der Waals surface area contributed by atoms with Gasteiger partial charge in [0.2, 0.25) is 0 Å². The van der Waals surface area contributed by atoms with E-state index in [1.54, 1.807) is 6.07 Å². The van der Waals surface area contributed by atoms with Gasteiger partial charge in [-0.25, -0.2) is 13.2 Å². The Bertz CT molecular complexity index is 756. The van der Waals surface area contributed by atoms with Gasteiger partial charge in [-0.3, -0.25) is 4.79 Å². The van der Waals surface area contributed by atoms with Crippen LogP contribution in [0.2, 0.25) is 10.0 Å². The summed E-state index contributed by atoms with van der Waals surface area (Å²) in [5.41, 5.74) is -0.499. The fraction of sp³-hybridized carbons (Fsp3) is 0.133. The highest BCUT2D eigenvalue weighted by atomic mass is 35.5. The third-order valence-corrected chi connectivity index (χ3v) is 3.68. The van der Waals surface area contributed by atoms with Crippen molar-refractivity contribution < 1.29 is 22.7 Å². The monoisotopic (exact) mass is 363 g/mol. The van der Waals surface area contributed by atoms with Crippen LogP contribution < -0.4 is 10.1 Å². The summed E-state index contributed by atoms with van der Waals surface area (Å²) in [5, 5.41) is 2.47. The van der Waals surface area contributed by atoms with Crippen LogP contribution >= 0.6 is 23.2 Å². The summed E-state index contributed by atoms with van der Waals surface area (Å²) >= 11 is 11.7. The van der Waals surface area contributed by atoms with Gasteiger partial charge in [0, 0.05) is 0 Å². The summed E-state index contributed by atoms with van der Waals surface area (Å²) in [4.78, 5) is 12.0. The Labute approximate surface area is 140 Å². The van der Waals surface area contributed by atoms with Gasteiger partial charge in [-0.15, -0.1) is 0 Å². The van der Waals surface area contributed by atoms with E-state index in [2.05, 4.69) is 5.32 Å². The Morgan fingerprint density at radius 2 is 1.83 bits per heavy atom. The number of halogens is 5. The molecule has 0 aliphatic carbocycles. The van der Waals surface area contributed by atoms with Crippen molar-refractivity contribution in [3.63, 3.8) is 0 Å². The maximum Gasteiger partial charge on any atom is 0.265 e. The van der Waals surface area contributed by atoms with E-state index < -0.39 is 35.2 Å². The zero-order valence-corrected chi connectivity index (χ0v) is 13.2. The van der Waals surface area contributed by atoms with Gasteiger partial charge in [-0.05, 0) is 31.2 Å². The molecule has 0 radical (unpaired) electrons. The quantitative estimate of drug-likeness (QED) is 0.791. The average Bonchev–Trinajstić information content (AvgIpc) is 2.52. The summed E-state index contributed by atoms with van der Waals surface area (Å²) in [6.45, 7) is 1.38. The molecule has 1 unspecified atom stereocenters. The van der Waals surface area contributed by atoms with Crippen LogP contribution in [0, 0.1) is 17.5 Å². The lowest BCUT2D eigenvalue weighted by Crippen LogP contribution is -2.30. The molecule has 0 aliphatic rings. The molecule has 0 aliphatic heterocycles. The van der Waals surface area contributed by atoms with E-state index in [1.807, 2.05) is 0 Å². The first-order valence-electron chi connectivity index (χ1n) is 6.36. The summed E-state index contributed by atoms with van der Waals surface area (Å²) < 4.78 is 44.8. The lowest BCUT2D eigenvalue weighted by Gasteiger charge is -2.16. The third kappa shape index (κ3) is 3.89. The van der Waals surface area contributed by atoms with Crippen molar-refractivity contribution in [1.29, 1.82) is 0 Å². The van der Waals surface area contributed by atoms with Crippen LogP contribution in [-0.4, -0.2) is 12.0 Å². The zero-order chi connectivity index (χ0) is 17.1. The molecule has 0 fully saturated rings. The van der Waals surface area contributed by atoms with Crippen molar-refractivity contribution in [2.24, 2.45) is 0 Å². The first-order valence-corrected chi connectivity index (χ1v) is 7.12. The SMILES string of the molecule is CC(Oc1cccc(Cl)c1Cl)C(=O)Nc1ccc(F)c(F)c1F. The molecule has 1 N–H and O–H groups in total. The summed E-state index contributed by atoms with van der Waals surface area (Å²) in [5.74, 6) is -5.13.